The third-order valence-electron chi connectivity index (χ3n) is 9.10. The molecule has 12 nitrogen and oxygen atoms in total. The van der Waals surface area contributed by atoms with Gasteiger partial charge in [-0.15, -0.1) is 0 Å². The van der Waals surface area contributed by atoms with E-state index in [2.05, 4.69) is 16.0 Å². The fraction of sp³-hybridized carbons (Fsp3) is 0.417. The second-order valence-electron chi connectivity index (χ2n) is 12.1. The summed E-state index contributed by atoms with van der Waals surface area (Å²) in [6.07, 6.45) is 0.619. The molecule has 6 rings (SSSR count). The lowest BCUT2D eigenvalue weighted by atomic mass is 9.91. The molecule has 0 spiro atoms. The molecule has 2 fully saturated rings. The van der Waals surface area contributed by atoms with Gasteiger partial charge in [0, 0.05) is 36.6 Å². The third-order valence-corrected chi connectivity index (χ3v) is 9.10. The van der Waals surface area contributed by atoms with Gasteiger partial charge in [0.05, 0.1) is 73.4 Å². The summed E-state index contributed by atoms with van der Waals surface area (Å²) in [5.41, 5.74) is 3.04. The van der Waals surface area contributed by atoms with Crippen LogP contribution in [0.4, 0.5) is 0 Å². The molecule has 2 saturated heterocycles. The van der Waals surface area contributed by atoms with Crippen LogP contribution in [0.2, 0.25) is 0 Å². The maximum absolute atomic E-state index is 12.9. The molecule has 0 bridgehead atoms. The number of carbonyl (C=O) groups is 1. The van der Waals surface area contributed by atoms with Gasteiger partial charge in [-0.2, -0.15) is 5.26 Å². The van der Waals surface area contributed by atoms with Crippen LogP contribution in [0, 0.1) is 17.2 Å². The van der Waals surface area contributed by atoms with Crippen LogP contribution in [0.3, 0.4) is 0 Å². The molecule has 1 amide bonds. The zero-order valence-electron chi connectivity index (χ0n) is 26.8. The van der Waals surface area contributed by atoms with Gasteiger partial charge < -0.3 is 34.3 Å². The number of unbranched alkanes of at least 4 members (excludes halogenated alkanes) is 1. The second-order valence-corrected chi connectivity index (χ2v) is 12.1. The maximum Gasteiger partial charge on any atom is 0.260 e. The predicted molar refractivity (Wildman–Crippen MR) is 177 cm³/mol. The summed E-state index contributed by atoms with van der Waals surface area (Å²) >= 11 is 0. The van der Waals surface area contributed by atoms with Gasteiger partial charge in [-0.1, -0.05) is 49.4 Å². The summed E-state index contributed by atoms with van der Waals surface area (Å²) in [5.74, 6) is 0.351. The lowest BCUT2D eigenvalue weighted by molar-refractivity contribution is -0.135. The molecule has 3 heterocycles. The minimum atomic E-state index is -0.951. The first kappa shape index (κ1) is 33.2. The van der Waals surface area contributed by atoms with Gasteiger partial charge in [0.1, 0.15) is 17.9 Å². The number of aromatic amines is 1. The average Bonchev–Trinajstić information content (AvgIpc) is 3.60. The summed E-state index contributed by atoms with van der Waals surface area (Å²) in [4.78, 5) is 39.1. The zero-order chi connectivity index (χ0) is 33.6. The first-order valence-corrected chi connectivity index (χ1v) is 16.3. The van der Waals surface area contributed by atoms with Crippen molar-refractivity contribution in [3.63, 3.8) is 0 Å². The molecule has 3 unspecified atom stereocenters. The van der Waals surface area contributed by atoms with Crippen molar-refractivity contribution in [2.45, 2.75) is 51.0 Å². The van der Waals surface area contributed by atoms with Crippen molar-refractivity contribution in [1.82, 2.24) is 14.9 Å². The van der Waals surface area contributed by atoms with Crippen LogP contribution in [0.1, 0.15) is 31.7 Å². The normalized spacial score (nSPS) is 23.0. The molecule has 1 aromatic heterocycles. The average molecular weight is 654 g/mol. The van der Waals surface area contributed by atoms with Gasteiger partial charge >= 0.3 is 0 Å². The molecule has 4 atom stereocenters. The molecule has 0 saturated carbocycles. The quantitative estimate of drug-likeness (QED) is 0.256. The molecule has 48 heavy (non-hydrogen) atoms. The number of aliphatic hydroxyl groups excluding tert-OH is 2. The van der Waals surface area contributed by atoms with Gasteiger partial charge in [0.25, 0.3) is 5.56 Å². The van der Waals surface area contributed by atoms with Crippen molar-refractivity contribution in [3.8, 4) is 22.9 Å². The first-order chi connectivity index (χ1) is 23.4. The lowest BCUT2D eigenvalue weighted by Crippen LogP contribution is -2.43. The number of rotatable bonds is 11. The standard InChI is InChI=1S/C36H39N5O7/c1-22-34(44)28(20-42)48-35(22)31-32(26(18-37)30-33(31)39-21-40-36(30)45)38-19-23-10-11-25(24-7-3-2-4-8-24)27(17-23)47-14-6-5-9-29(43)41-12-15-46-16-13-41/h2-4,7-8,10-11,17,21-22,28,34-35,42,44H,5-6,9,12-16,19-20H2,1H3,(H,39,40,45)/t22?,28?,34-,35?/m0/s1. The Bertz CT molecular complexity index is 1900. The van der Waals surface area contributed by atoms with E-state index >= 15 is 0 Å². The predicted octanol–water partition coefficient (Wildman–Crippen LogP) is 1.08. The number of carbonyl (C=O) groups excluding carboxylic acids is 1. The second kappa shape index (κ2) is 15.0. The number of nitrogens with zero attached hydrogens (tertiary/aromatic N) is 4. The summed E-state index contributed by atoms with van der Waals surface area (Å²) < 4.78 is 17.7. The smallest absolute Gasteiger partial charge is 0.260 e. The zero-order valence-corrected chi connectivity index (χ0v) is 26.8. The number of aliphatic imine (C=N–C) groups is 1. The molecule has 250 valence electrons. The number of morpholine rings is 1. The Morgan fingerprint density at radius 3 is 2.71 bits per heavy atom. The van der Waals surface area contributed by atoms with E-state index in [1.807, 2.05) is 53.4 Å². The van der Waals surface area contributed by atoms with Crippen LogP contribution in [0.5, 0.6) is 5.75 Å². The number of nitriles is 1. The fourth-order valence-electron chi connectivity index (χ4n) is 6.48. The number of aromatic nitrogens is 2. The minimum absolute atomic E-state index is 0.0797. The van der Waals surface area contributed by atoms with Crippen molar-refractivity contribution < 1.29 is 29.2 Å². The third kappa shape index (κ3) is 6.81. The highest BCUT2D eigenvalue weighted by Crippen LogP contribution is 2.35. The number of ether oxygens (including phenoxy) is 3. The SMILES string of the molecule is CC1C(C2=c3nc[nH]c(=O)c3=C(C#N)C2=NCc2ccc(-c3ccccc3)c(OCCCCC(=O)N3CCOCC3)c2)OC(CO)[C@H]1O. The van der Waals surface area contributed by atoms with E-state index in [9.17, 15) is 25.1 Å². The van der Waals surface area contributed by atoms with Crippen LogP contribution in [0.25, 0.3) is 22.3 Å². The number of hydrogen-bond acceptors (Lipinski definition) is 10. The van der Waals surface area contributed by atoms with E-state index in [1.54, 1.807) is 6.92 Å². The Morgan fingerprint density at radius 2 is 1.98 bits per heavy atom. The van der Waals surface area contributed by atoms with Crippen molar-refractivity contribution in [2.24, 2.45) is 10.9 Å². The van der Waals surface area contributed by atoms with Gasteiger partial charge in [0.15, 0.2) is 0 Å². The molecule has 2 aliphatic heterocycles. The van der Waals surface area contributed by atoms with Crippen molar-refractivity contribution >= 4 is 22.8 Å². The Labute approximate surface area is 277 Å². The van der Waals surface area contributed by atoms with E-state index in [0.717, 1.165) is 16.7 Å². The molecular formula is C36H39N5O7. The minimum Gasteiger partial charge on any atom is -0.493 e. The molecule has 1 aliphatic carbocycles. The highest BCUT2D eigenvalue weighted by Gasteiger charge is 2.45. The molecule has 3 aliphatic rings. The molecule has 0 radical (unpaired) electrons. The number of benzene rings is 2. The summed E-state index contributed by atoms with van der Waals surface area (Å²) in [6, 6.07) is 17.9. The fourth-order valence-corrected chi connectivity index (χ4v) is 6.48. The van der Waals surface area contributed by atoms with E-state index < -0.39 is 29.8 Å². The number of H-pyrrole nitrogens is 1. The highest BCUT2D eigenvalue weighted by atomic mass is 16.5. The summed E-state index contributed by atoms with van der Waals surface area (Å²) in [6.45, 7) is 4.42. The van der Waals surface area contributed by atoms with Crippen LogP contribution in [-0.4, -0.2) is 94.5 Å². The maximum atomic E-state index is 12.9. The van der Waals surface area contributed by atoms with Crippen LogP contribution >= 0.6 is 0 Å². The molecule has 3 aromatic rings. The number of hydrogen-bond donors (Lipinski definition) is 3. The number of nitrogens with one attached hydrogen (secondary N) is 1. The first-order valence-electron chi connectivity index (χ1n) is 16.3. The topological polar surface area (TPSA) is 170 Å². The van der Waals surface area contributed by atoms with Gasteiger partial charge in [-0.25, -0.2) is 4.98 Å². The molecule has 3 N–H and O–H groups in total. The Balaban J connectivity index is 1.26. The van der Waals surface area contributed by atoms with E-state index in [1.165, 1.54) is 6.33 Å². The highest BCUT2D eigenvalue weighted by molar-refractivity contribution is 6.44. The Morgan fingerprint density at radius 1 is 1.19 bits per heavy atom. The number of aliphatic hydroxyl groups is 2. The number of fused-ring (bicyclic) bond motifs is 1. The van der Waals surface area contributed by atoms with Crippen LogP contribution < -0.4 is 20.9 Å². The van der Waals surface area contributed by atoms with E-state index in [0.29, 0.717) is 63.5 Å². The van der Waals surface area contributed by atoms with Crippen molar-refractivity contribution in [1.29, 1.82) is 5.26 Å². The number of amides is 1. The van der Waals surface area contributed by atoms with Crippen molar-refractivity contribution in [2.75, 3.05) is 39.5 Å². The summed E-state index contributed by atoms with van der Waals surface area (Å²) in [7, 11) is 0. The van der Waals surface area contributed by atoms with Gasteiger partial charge in [-0.05, 0) is 30.0 Å². The Kier molecular flexibility index (Phi) is 10.4. The van der Waals surface area contributed by atoms with Gasteiger partial charge in [-0.3, -0.25) is 14.6 Å². The monoisotopic (exact) mass is 653 g/mol. The van der Waals surface area contributed by atoms with Crippen LogP contribution in [-0.2, 0) is 20.8 Å². The van der Waals surface area contributed by atoms with E-state index in [4.69, 9.17) is 19.2 Å². The Hall–Kier alpha value is -4.67. The lowest BCUT2D eigenvalue weighted by Gasteiger charge is -2.26. The molecular weight excluding hydrogens is 614 g/mol. The molecule has 12 heteroatoms. The van der Waals surface area contributed by atoms with Gasteiger partial charge in [0.2, 0.25) is 5.91 Å². The molecule has 2 aromatic carbocycles. The van der Waals surface area contributed by atoms with E-state index in [-0.39, 0.29) is 40.9 Å². The largest absolute Gasteiger partial charge is 0.493 e. The summed E-state index contributed by atoms with van der Waals surface area (Å²) in [5, 5.41) is 31.1. The van der Waals surface area contributed by atoms with Crippen molar-refractivity contribution in [3.05, 3.63) is 81.3 Å². The van der Waals surface area contributed by atoms with Crippen LogP contribution in [0.15, 0.2) is 64.6 Å².